The van der Waals surface area contributed by atoms with Crippen molar-refractivity contribution in [3.63, 3.8) is 0 Å². The maximum Gasteiger partial charge on any atom is 0.332 e. The van der Waals surface area contributed by atoms with Crippen LogP contribution in [0.5, 0.6) is 5.75 Å². The van der Waals surface area contributed by atoms with Gasteiger partial charge in [0.05, 0.1) is 5.69 Å². The Morgan fingerprint density at radius 2 is 1.70 bits per heavy atom. The van der Waals surface area contributed by atoms with Crippen molar-refractivity contribution in [2.24, 2.45) is 14.1 Å². The van der Waals surface area contributed by atoms with Gasteiger partial charge in [-0.3, -0.25) is 27.8 Å². The van der Waals surface area contributed by atoms with E-state index in [4.69, 9.17) is 9.72 Å². The maximum absolute atomic E-state index is 13.0. The number of hydrogen-bond acceptors (Lipinski definition) is 5. The zero-order valence-electron chi connectivity index (χ0n) is 19.7. The zero-order chi connectivity index (χ0) is 23.3. The molecule has 3 aromatic heterocycles. The summed E-state index contributed by atoms with van der Waals surface area (Å²) < 4.78 is 12.6. The van der Waals surface area contributed by atoms with Gasteiger partial charge in [-0.2, -0.15) is 4.98 Å². The van der Waals surface area contributed by atoms with Crippen LogP contribution in [0.3, 0.4) is 0 Å². The number of likely N-dealkylation sites (tertiary alicyclic amines) is 1. The Hall–Kier alpha value is -3.33. The van der Waals surface area contributed by atoms with Gasteiger partial charge in [0.15, 0.2) is 11.2 Å². The van der Waals surface area contributed by atoms with Crippen LogP contribution < -0.4 is 16.0 Å². The molecule has 0 bridgehead atoms. The van der Waals surface area contributed by atoms with Crippen LogP contribution >= 0.6 is 0 Å². The van der Waals surface area contributed by atoms with Gasteiger partial charge in [0, 0.05) is 32.0 Å². The molecule has 5 rings (SSSR count). The first kappa shape index (κ1) is 21.5. The molecule has 0 unspecified atom stereocenters. The largest absolute Gasteiger partial charge is 0.490 e. The van der Waals surface area contributed by atoms with Crippen LogP contribution in [0, 0.1) is 13.8 Å². The molecule has 4 aromatic rings. The minimum atomic E-state index is -0.393. The number of fused-ring (bicyclic) bond motifs is 3. The van der Waals surface area contributed by atoms with Crippen LogP contribution in [0.4, 0.5) is 0 Å². The lowest BCUT2D eigenvalue weighted by molar-refractivity contribution is 0.183. The fourth-order valence-corrected chi connectivity index (χ4v) is 4.85. The number of aromatic nitrogens is 5. The molecule has 1 aliphatic heterocycles. The molecule has 9 heteroatoms. The van der Waals surface area contributed by atoms with E-state index in [0.29, 0.717) is 23.5 Å². The average Bonchev–Trinajstić information content (AvgIpc) is 3.33. The molecule has 0 amide bonds. The van der Waals surface area contributed by atoms with Gasteiger partial charge < -0.3 is 4.74 Å². The molecular weight excluding hydrogens is 420 g/mol. The zero-order valence-corrected chi connectivity index (χ0v) is 19.7. The number of imidazole rings is 2. The summed E-state index contributed by atoms with van der Waals surface area (Å²) in [4.78, 5) is 32.6. The first-order valence-corrected chi connectivity index (χ1v) is 11.5. The van der Waals surface area contributed by atoms with E-state index in [2.05, 4.69) is 4.90 Å². The average molecular weight is 451 g/mol. The van der Waals surface area contributed by atoms with Crippen LogP contribution in [0.1, 0.15) is 30.7 Å². The number of hydrogen-bond donors (Lipinski definition) is 0. The number of para-hydroxylation sites is 2. The second-order valence-electron chi connectivity index (χ2n) is 8.85. The van der Waals surface area contributed by atoms with Gasteiger partial charge >= 0.3 is 5.69 Å². The highest BCUT2D eigenvalue weighted by Gasteiger charge is 2.23. The SMILES string of the molecule is Cc1c(C)n2c3c(=O)n(C)c(=O)n(C)c3nc2n1-c1ccccc1OCCN1CCCCC1. The first-order valence-electron chi connectivity index (χ1n) is 11.5. The number of rotatable bonds is 5. The standard InChI is InChI=1S/C24H30N6O3/c1-16-17(2)30-20-21(26(3)24(32)27(4)22(20)31)25-23(30)29(16)18-10-6-7-11-19(18)33-15-14-28-12-8-5-9-13-28/h6-7,10-11H,5,8-9,12-15H2,1-4H3. The fourth-order valence-electron chi connectivity index (χ4n) is 4.85. The van der Waals surface area contributed by atoms with Crippen molar-refractivity contribution in [2.45, 2.75) is 33.1 Å². The third-order valence-corrected chi connectivity index (χ3v) is 6.85. The Balaban J connectivity index is 1.62. The van der Waals surface area contributed by atoms with E-state index >= 15 is 0 Å². The molecule has 9 nitrogen and oxygen atoms in total. The van der Waals surface area contributed by atoms with Crippen LogP contribution in [-0.4, -0.2) is 54.2 Å². The van der Waals surface area contributed by atoms with E-state index < -0.39 is 5.69 Å². The predicted molar refractivity (Wildman–Crippen MR) is 128 cm³/mol. The number of piperidine rings is 1. The van der Waals surface area contributed by atoms with Crippen molar-refractivity contribution in [1.29, 1.82) is 0 Å². The van der Waals surface area contributed by atoms with Gasteiger partial charge in [-0.1, -0.05) is 18.6 Å². The molecule has 1 aliphatic rings. The van der Waals surface area contributed by atoms with Crippen molar-refractivity contribution in [3.8, 4) is 11.4 Å². The topological polar surface area (TPSA) is 78.7 Å². The lowest BCUT2D eigenvalue weighted by atomic mass is 10.1. The van der Waals surface area contributed by atoms with Gasteiger partial charge in [0.1, 0.15) is 12.4 Å². The summed E-state index contributed by atoms with van der Waals surface area (Å²) in [5.41, 5.74) is 2.75. The van der Waals surface area contributed by atoms with Crippen LogP contribution in [0.2, 0.25) is 0 Å². The Kier molecular flexibility index (Phi) is 5.36. The fraction of sp³-hybridized carbons (Fsp3) is 0.458. The molecule has 0 aliphatic carbocycles. The second kappa shape index (κ2) is 8.22. The summed E-state index contributed by atoms with van der Waals surface area (Å²) in [7, 11) is 3.13. The van der Waals surface area contributed by atoms with Crippen molar-refractivity contribution < 1.29 is 4.74 Å². The molecule has 1 saturated heterocycles. The molecule has 0 N–H and O–H groups in total. The molecule has 174 valence electrons. The predicted octanol–water partition coefficient (Wildman–Crippen LogP) is 2.16. The third-order valence-electron chi connectivity index (χ3n) is 6.85. The van der Waals surface area contributed by atoms with Crippen LogP contribution in [-0.2, 0) is 14.1 Å². The monoisotopic (exact) mass is 450 g/mol. The highest BCUT2D eigenvalue weighted by atomic mass is 16.5. The summed E-state index contributed by atoms with van der Waals surface area (Å²) in [6, 6.07) is 7.90. The van der Waals surface area contributed by atoms with Gasteiger partial charge in [-0.05, 0) is 51.9 Å². The van der Waals surface area contributed by atoms with Crippen molar-refractivity contribution in [3.05, 3.63) is 56.5 Å². The molecule has 0 saturated carbocycles. The summed E-state index contributed by atoms with van der Waals surface area (Å²) in [5, 5.41) is 0. The summed E-state index contributed by atoms with van der Waals surface area (Å²) in [5.74, 6) is 1.36. The summed E-state index contributed by atoms with van der Waals surface area (Å²) in [6.45, 7) is 7.75. The highest BCUT2D eigenvalue weighted by Crippen LogP contribution is 2.30. The third kappa shape index (κ3) is 3.38. The molecule has 33 heavy (non-hydrogen) atoms. The molecule has 1 aromatic carbocycles. The lowest BCUT2D eigenvalue weighted by Crippen LogP contribution is -2.37. The Morgan fingerprint density at radius 1 is 0.970 bits per heavy atom. The van der Waals surface area contributed by atoms with E-state index in [0.717, 1.165) is 47.0 Å². The van der Waals surface area contributed by atoms with Gasteiger partial charge in [0.25, 0.3) is 5.56 Å². The van der Waals surface area contributed by atoms with E-state index in [1.165, 1.54) is 30.9 Å². The highest BCUT2D eigenvalue weighted by molar-refractivity contribution is 5.77. The summed E-state index contributed by atoms with van der Waals surface area (Å²) >= 11 is 0. The Labute approximate surface area is 191 Å². The van der Waals surface area contributed by atoms with E-state index in [-0.39, 0.29) is 5.56 Å². The lowest BCUT2D eigenvalue weighted by Gasteiger charge is -2.26. The van der Waals surface area contributed by atoms with Crippen molar-refractivity contribution in [1.82, 2.24) is 28.0 Å². The second-order valence-corrected chi connectivity index (χ2v) is 8.85. The molecule has 4 heterocycles. The quantitative estimate of drug-likeness (QED) is 0.466. The van der Waals surface area contributed by atoms with Gasteiger partial charge in [0.2, 0.25) is 5.78 Å². The van der Waals surface area contributed by atoms with E-state index in [1.807, 2.05) is 47.1 Å². The van der Waals surface area contributed by atoms with Crippen LogP contribution in [0.25, 0.3) is 22.6 Å². The summed E-state index contributed by atoms with van der Waals surface area (Å²) in [6.07, 6.45) is 3.83. The normalized spacial score (nSPS) is 15.0. The molecule has 0 radical (unpaired) electrons. The Morgan fingerprint density at radius 3 is 2.45 bits per heavy atom. The Bertz CT molecular complexity index is 1470. The maximum atomic E-state index is 13.0. The molecule has 1 fully saturated rings. The van der Waals surface area contributed by atoms with Crippen molar-refractivity contribution >= 4 is 16.9 Å². The van der Waals surface area contributed by atoms with Gasteiger partial charge in [-0.25, -0.2) is 4.79 Å². The minimum absolute atomic E-state index is 0.355. The molecule has 0 spiro atoms. The number of ether oxygens (including phenoxy) is 1. The molecular formula is C24H30N6O3. The molecule has 0 atom stereocenters. The number of benzene rings is 1. The van der Waals surface area contributed by atoms with E-state index in [1.54, 1.807) is 7.05 Å². The number of nitrogens with zero attached hydrogens (tertiary/aromatic N) is 6. The van der Waals surface area contributed by atoms with E-state index in [9.17, 15) is 9.59 Å². The minimum Gasteiger partial charge on any atom is -0.490 e. The van der Waals surface area contributed by atoms with Crippen molar-refractivity contribution in [2.75, 3.05) is 26.2 Å². The number of aryl methyl sites for hydroxylation is 2. The first-order chi connectivity index (χ1) is 15.9. The van der Waals surface area contributed by atoms with Gasteiger partial charge in [-0.15, -0.1) is 0 Å². The smallest absolute Gasteiger partial charge is 0.332 e. The van der Waals surface area contributed by atoms with Crippen LogP contribution in [0.15, 0.2) is 33.9 Å².